The molecule has 0 amide bonds. The Hall–Kier alpha value is -2.30. The number of nitrogens with zero attached hydrogens (tertiary/aromatic N) is 3. The maximum atomic E-state index is 10.9. The zero-order valence-electron chi connectivity index (χ0n) is 10.4. The van der Waals surface area contributed by atoms with Crippen molar-refractivity contribution in [3.8, 4) is 11.4 Å². The third-order valence-corrected chi connectivity index (χ3v) is 3.24. The van der Waals surface area contributed by atoms with E-state index >= 15 is 0 Å². The monoisotopic (exact) mass is 255 g/mol. The lowest BCUT2D eigenvalue weighted by Gasteiger charge is -2.04. The van der Waals surface area contributed by atoms with Gasteiger partial charge in [-0.3, -0.25) is 9.78 Å². The predicted molar refractivity (Wildman–Crippen MR) is 68.5 cm³/mol. The SMILES string of the molecule is Cc1cc(-c2ccccn2)nc(C2CC2C(=O)O)n1. The van der Waals surface area contributed by atoms with Gasteiger partial charge in [0.15, 0.2) is 0 Å². The van der Waals surface area contributed by atoms with Crippen LogP contribution in [0.2, 0.25) is 0 Å². The van der Waals surface area contributed by atoms with Crippen molar-refractivity contribution in [1.29, 1.82) is 0 Å². The Labute approximate surface area is 110 Å². The zero-order chi connectivity index (χ0) is 13.4. The average Bonchev–Trinajstić information content (AvgIpc) is 3.19. The Morgan fingerprint density at radius 3 is 2.79 bits per heavy atom. The maximum absolute atomic E-state index is 10.9. The number of aliphatic carboxylic acids is 1. The van der Waals surface area contributed by atoms with E-state index in [0.717, 1.165) is 17.1 Å². The van der Waals surface area contributed by atoms with Gasteiger partial charge in [-0.2, -0.15) is 0 Å². The summed E-state index contributed by atoms with van der Waals surface area (Å²) in [5.74, 6) is -0.541. The third kappa shape index (κ3) is 2.31. The smallest absolute Gasteiger partial charge is 0.307 e. The van der Waals surface area contributed by atoms with E-state index in [-0.39, 0.29) is 11.8 Å². The number of hydrogen-bond donors (Lipinski definition) is 1. The summed E-state index contributed by atoms with van der Waals surface area (Å²) in [6.07, 6.45) is 2.34. The molecule has 1 aliphatic carbocycles. The topological polar surface area (TPSA) is 76.0 Å². The molecule has 2 aromatic heterocycles. The van der Waals surface area contributed by atoms with Gasteiger partial charge in [-0.05, 0) is 31.5 Å². The minimum atomic E-state index is -0.769. The molecule has 2 aromatic rings. The standard InChI is InChI=1S/C14H13N3O2/c1-8-6-12(11-4-2-3-5-15-11)17-13(16-8)9-7-10(9)14(18)19/h2-6,9-10H,7H2,1H3,(H,18,19). The van der Waals surface area contributed by atoms with Crippen molar-refractivity contribution in [2.75, 3.05) is 0 Å². The molecule has 2 unspecified atom stereocenters. The fourth-order valence-corrected chi connectivity index (χ4v) is 2.16. The lowest BCUT2D eigenvalue weighted by atomic mass is 10.2. The van der Waals surface area contributed by atoms with Crippen molar-refractivity contribution in [2.24, 2.45) is 5.92 Å². The summed E-state index contributed by atoms with van der Waals surface area (Å²) in [7, 11) is 0. The molecule has 0 radical (unpaired) electrons. The van der Waals surface area contributed by atoms with Crippen molar-refractivity contribution < 1.29 is 9.90 Å². The molecule has 19 heavy (non-hydrogen) atoms. The Balaban J connectivity index is 1.96. The maximum Gasteiger partial charge on any atom is 0.307 e. The van der Waals surface area contributed by atoms with E-state index in [2.05, 4.69) is 15.0 Å². The molecule has 3 rings (SSSR count). The summed E-state index contributed by atoms with van der Waals surface area (Å²) in [5.41, 5.74) is 2.36. The molecule has 5 nitrogen and oxygen atoms in total. The first-order valence-electron chi connectivity index (χ1n) is 6.15. The Morgan fingerprint density at radius 1 is 1.32 bits per heavy atom. The van der Waals surface area contributed by atoms with Crippen LogP contribution in [0.15, 0.2) is 30.5 Å². The van der Waals surface area contributed by atoms with Gasteiger partial charge in [0.1, 0.15) is 5.82 Å². The van der Waals surface area contributed by atoms with E-state index in [4.69, 9.17) is 5.11 Å². The number of rotatable bonds is 3. The molecule has 0 saturated heterocycles. The van der Waals surface area contributed by atoms with Crippen molar-refractivity contribution in [3.63, 3.8) is 0 Å². The van der Waals surface area contributed by atoms with Gasteiger partial charge in [-0.25, -0.2) is 9.97 Å². The summed E-state index contributed by atoms with van der Waals surface area (Å²) >= 11 is 0. The lowest BCUT2D eigenvalue weighted by molar-refractivity contribution is -0.138. The van der Waals surface area contributed by atoms with E-state index in [1.54, 1.807) is 6.20 Å². The highest BCUT2D eigenvalue weighted by atomic mass is 16.4. The molecule has 1 aliphatic rings. The molecular formula is C14H13N3O2. The summed E-state index contributed by atoms with van der Waals surface area (Å²) < 4.78 is 0. The molecule has 0 spiro atoms. The first kappa shape index (κ1) is 11.8. The largest absolute Gasteiger partial charge is 0.481 e. The summed E-state index contributed by atoms with van der Waals surface area (Å²) in [6, 6.07) is 7.49. The highest BCUT2D eigenvalue weighted by molar-refractivity contribution is 5.75. The van der Waals surface area contributed by atoms with Crippen LogP contribution in [0.25, 0.3) is 11.4 Å². The highest BCUT2D eigenvalue weighted by Gasteiger charge is 2.46. The van der Waals surface area contributed by atoms with Crippen LogP contribution in [0.5, 0.6) is 0 Å². The second-order valence-electron chi connectivity index (χ2n) is 4.75. The molecule has 0 aromatic carbocycles. The van der Waals surface area contributed by atoms with Crippen molar-refractivity contribution in [3.05, 3.63) is 42.0 Å². The number of carbonyl (C=O) groups is 1. The third-order valence-electron chi connectivity index (χ3n) is 3.24. The fourth-order valence-electron chi connectivity index (χ4n) is 2.16. The molecule has 96 valence electrons. The number of carboxylic acid groups (broad SMARTS) is 1. The molecular weight excluding hydrogens is 242 g/mol. The zero-order valence-corrected chi connectivity index (χ0v) is 10.4. The van der Waals surface area contributed by atoms with Crippen LogP contribution in [0.1, 0.15) is 23.9 Å². The van der Waals surface area contributed by atoms with Gasteiger partial charge >= 0.3 is 5.97 Å². The first-order chi connectivity index (χ1) is 9.15. The van der Waals surface area contributed by atoms with Crippen LogP contribution < -0.4 is 0 Å². The van der Waals surface area contributed by atoms with Crippen LogP contribution in [-0.4, -0.2) is 26.0 Å². The Kier molecular flexibility index (Phi) is 2.74. The van der Waals surface area contributed by atoms with Crippen molar-refractivity contribution >= 4 is 5.97 Å². The minimum absolute atomic E-state index is 0.0557. The van der Waals surface area contributed by atoms with Gasteiger partial charge in [-0.15, -0.1) is 0 Å². The van der Waals surface area contributed by atoms with Crippen molar-refractivity contribution in [1.82, 2.24) is 15.0 Å². The van der Waals surface area contributed by atoms with Crippen LogP contribution in [-0.2, 0) is 4.79 Å². The Bertz CT molecular complexity index is 628. The number of aromatic nitrogens is 3. The molecule has 0 bridgehead atoms. The van der Waals surface area contributed by atoms with Crippen LogP contribution in [0, 0.1) is 12.8 Å². The molecule has 1 saturated carbocycles. The normalized spacial score (nSPS) is 21.1. The van der Waals surface area contributed by atoms with Gasteiger partial charge in [0.05, 0.1) is 17.3 Å². The van der Waals surface area contributed by atoms with E-state index < -0.39 is 5.97 Å². The molecule has 2 heterocycles. The predicted octanol–water partition coefficient (Wildman–Crippen LogP) is 2.04. The molecule has 1 fully saturated rings. The van der Waals surface area contributed by atoms with E-state index in [0.29, 0.717) is 12.2 Å². The molecule has 5 heteroatoms. The van der Waals surface area contributed by atoms with Crippen molar-refractivity contribution in [2.45, 2.75) is 19.3 Å². The number of hydrogen-bond acceptors (Lipinski definition) is 4. The summed E-state index contributed by atoms with van der Waals surface area (Å²) in [6.45, 7) is 1.88. The van der Waals surface area contributed by atoms with Crippen LogP contribution in [0.4, 0.5) is 0 Å². The van der Waals surface area contributed by atoms with Crippen LogP contribution in [0.3, 0.4) is 0 Å². The van der Waals surface area contributed by atoms with Gasteiger partial charge in [0.2, 0.25) is 0 Å². The lowest BCUT2D eigenvalue weighted by Crippen LogP contribution is -2.03. The van der Waals surface area contributed by atoms with Gasteiger partial charge in [0, 0.05) is 17.8 Å². The first-order valence-corrected chi connectivity index (χ1v) is 6.15. The summed E-state index contributed by atoms with van der Waals surface area (Å²) in [4.78, 5) is 24.0. The fraction of sp³-hybridized carbons (Fsp3) is 0.286. The number of carboxylic acids is 1. The van der Waals surface area contributed by atoms with E-state index in [9.17, 15) is 4.79 Å². The average molecular weight is 255 g/mol. The van der Waals surface area contributed by atoms with Gasteiger partial charge in [-0.1, -0.05) is 6.07 Å². The highest BCUT2D eigenvalue weighted by Crippen LogP contribution is 2.46. The molecule has 1 N–H and O–H groups in total. The second-order valence-corrected chi connectivity index (χ2v) is 4.75. The van der Waals surface area contributed by atoms with Gasteiger partial charge in [0.25, 0.3) is 0 Å². The molecule has 0 aliphatic heterocycles. The van der Waals surface area contributed by atoms with Crippen LogP contribution >= 0.6 is 0 Å². The number of aryl methyl sites for hydroxylation is 1. The summed E-state index contributed by atoms with van der Waals surface area (Å²) in [5, 5.41) is 8.97. The molecule has 2 atom stereocenters. The van der Waals surface area contributed by atoms with Gasteiger partial charge < -0.3 is 5.11 Å². The second kappa shape index (κ2) is 4.42. The minimum Gasteiger partial charge on any atom is -0.481 e. The van der Waals surface area contributed by atoms with E-state index in [1.165, 1.54) is 0 Å². The Morgan fingerprint density at radius 2 is 2.16 bits per heavy atom. The number of pyridine rings is 1. The quantitative estimate of drug-likeness (QED) is 0.908. The van der Waals surface area contributed by atoms with E-state index in [1.807, 2.05) is 31.2 Å².